The summed E-state index contributed by atoms with van der Waals surface area (Å²) in [6, 6.07) is 8.27. The molecule has 0 spiro atoms. The lowest BCUT2D eigenvalue weighted by atomic mass is 10.2. The maximum absolute atomic E-state index is 6.29. The van der Waals surface area contributed by atoms with Gasteiger partial charge in [-0.2, -0.15) is 5.10 Å². The number of benzene rings is 1. The fraction of sp³-hybridized carbons (Fsp3) is 0.357. The Balaban J connectivity index is 2.02. The molecule has 0 saturated carbocycles. The number of nitrogens with one attached hydrogen (secondary N) is 1. The molecule has 0 aliphatic heterocycles. The predicted octanol–water partition coefficient (Wildman–Crippen LogP) is 3.31. The number of thioether (sulfide) groups is 1. The molecule has 0 bridgehead atoms. The Morgan fingerprint density at radius 2 is 2.19 bits per heavy atom. The predicted molar refractivity (Wildman–Crippen MR) is 92.6 cm³/mol. The Kier molecular flexibility index (Phi) is 6.13. The molecular formula is C14H18BrClN4S. The summed E-state index contributed by atoms with van der Waals surface area (Å²) >= 11 is 11.6. The number of hydrogen-bond donors (Lipinski definition) is 2. The number of hydrazine groups is 1. The third kappa shape index (κ3) is 4.23. The van der Waals surface area contributed by atoms with Gasteiger partial charge in [-0.05, 0) is 35.0 Å². The van der Waals surface area contributed by atoms with Crippen LogP contribution in [0.25, 0.3) is 0 Å². The molecule has 21 heavy (non-hydrogen) atoms. The zero-order chi connectivity index (χ0) is 15.4. The molecule has 2 rings (SSSR count). The third-order valence-corrected chi connectivity index (χ3v) is 5.90. The summed E-state index contributed by atoms with van der Waals surface area (Å²) in [6.45, 7) is 1.91. The van der Waals surface area contributed by atoms with E-state index in [4.69, 9.17) is 17.4 Å². The molecule has 0 saturated heterocycles. The van der Waals surface area contributed by atoms with E-state index in [-0.39, 0.29) is 6.04 Å². The molecule has 114 valence electrons. The van der Waals surface area contributed by atoms with Crippen LogP contribution in [0.5, 0.6) is 0 Å². The second kappa shape index (κ2) is 7.65. The molecule has 1 unspecified atom stereocenters. The second-order valence-corrected chi connectivity index (χ2v) is 7.07. The molecule has 4 nitrogen and oxygen atoms in total. The largest absolute Gasteiger partial charge is 0.271 e. The van der Waals surface area contributed by atoms with Crippen molar-refractivity contribution in [2.24, 2.45) is 12.9 Å². The lowest BCUT2D eigenvalue weighted by molar-refractivity contribution is 0.551. The van der Waals surface area contributed by atoms with Crippen LogP contribution in [0.1, 0.15) is 11.4 Å². The van der Waals surface area contributed by atoms with Crippen molar-refractivity contribution in [3.8, 4) is 0 Å². The average molecular weight is 390 g/mol. The van der Waals surface area contributed by atoms with E-state index < -0.39 is 0 Å². The molecule has 2 aromatic rings. The lowest BCUT2D eigenvalue weighted by Gasteiger charge is -2.16. The van der Waals surface area contributed by atoms with Crippen molar-refractivity contribution in [1.82, 2.24) is 15.2 Å². The summed E-state index contributed by atoms with van der Waals surface area (Å²) < 4.78 is 2.92. The highest BCUT2D eigenvalue weighted by atomic mass is 79.9. The Bertz CT molecular complexity index is 617. The number of aryl methyl sites for hydroxylation is 2. The molecular weight excluding hydrogens is 372 g/mol. The molecule has 7 heteroatoms. The van der Waals surface area contributed by atoms with E-state index in [1.807, 2.05) is 36.9 Å². The van der Waals surface area contributed by atoms with Crippen molar-refractivity contribution in [2.75, 3.05) is 5.75 Å². The minimum absolute atomic E-state index is 0.120. The van der Waals surface area contributed by atoms with Gasteiger partial charge in [-0.25, -0.2) is 0 Å². The molecule has 1 atom stereocenters. The summed E-state index contributed by atoms with van der Waals surface area (Å²) in [7, 11) is 1.91. The van der Waals surface area contributed by atoms with Crippen LogP contribution < -0.4 is 11.3 Å². The standard InChI is InChI=1S/C14H18BrClN4S/c1-9-14(16)12(20(2)19-9)7-10(18-17)8-21-13-6-4-3-5-11(13)15/h3-6,10,18H,7-8,17H2,1-2H3. The zero-order valence-electron chi connectivity index (χ0n) is 11.9. The molecule has 1 aromatic carbocycles. The van der Waals surface area contributed by atoms with Gasteiger partial charge >= 0.3 is 0 Å². The van der Waals surface area contributed by atoms with Gasteiger partial charge in [-0.15, -0.1) is 11.8 Å². The van der Waals surface area contributed by atoms with Crippen molar-refractivity contribution >= 4 is 39.3 Å². The summed E-state index contributed by atoms with van der Waals surface area (Å²) in [4.78, 5) is 1.20. The zero-order valence-corrected chi connectivity index (χ0v) is 15.1. The molecule has 0 aliphatic rings. The minimum Gasteiger partial charge on any atom is -0.271 e. The quantitative estimate of drug-likeness (QED) is 0.452. The van der Waals surface area contributed by atoms with Crippen LogP contribution in [-0.2, 0) is 13.5 Å². The Morgan fingerprint density at radius 3 is 2.76 bits per heavy atom. The van der Waals surface area contributed by atoms with E-state index in [2.05, 4.69) is 32.5 Å². The van der Waals surface area contributed by atoms with Gasteiger partial charge in [-0.3, -0.25) is 16.0 Å². The molecule has 0 fully saturated rings. The van der Waals surface area contributed by atoms with E-state index in [9.17, 15) is 0 Å². The van der Waals surface area contributed by atoms with E-state index in [0.717, 1.165) is 33.1 Å². The summed E-state index contributed by atoms with van der Waals surface area (Å²) in [6.07, 6.45) is 0.740. The fourth-order valence-corrected chi connectivity index (χ4v) is 3.89. The Labute approximate surface area is 142 Å². The van der Waals surface area contributed by atoms with Gasteiger partial charge in [0, 0.05) is 34.6 Å². The Morgan fingerprint density at radius 1 is 1.48 bits per heavy atom. The third-order valence-electron chi connectivity index (χ3n) is 3.21. The smallest absolute Gasteiger partial charge is 0.0847 e. The first kappa shape index (κ1) is 16.8. The first-order chi connectivity index (χ1) is 10.0. The fourth-order valence-electron chi connectivity index (χ4n) is 2.05. The monoisotopic (exact) mass is 388 g/mol. The molecule has 0 aliphatic carbocycles. The molecule has 1 heterocycles. The SMILES string of the molecule is Cc1nn(C)c(CC(CSc2ccccc2Br)NN)c1Cl. The number of halogens is 2. The molecule has 1 aromatic heterocycles. The van der Waals surface area contributed by atoms with Gasteiger partial charge in [-0.1, -0.05) is 23.7 Å². The first-order valence-corrected chi connectivity index (χ1v) is 8.70. The Hall–Kier alpha value is -0.530. The molecule has 3 N–H and O–H groups in total. The number of aromatic nitrogens is 2. The van der Waals surface area contributed by atoms with Gasteiger partial charge in [0.2, 0.25) is 0 Å². The highest BCUT2D eigenvalue weighted by Gasteiger charge is 2.17. The average Bonchev–Trinajstić information content (AvgIpc) is 2.70. The lowest BCUT2D eigenvalue weighted by Crippen LogP contribution is -2.39. The van der Waals surface area contributed by atoms with E-state index in [1.165, 1.54) is 4.90 Å². The maximum atomic E-state index is 6.29. The summed E-state index contributed by atoms with van der Waals surface area (Å²) in [5, 5.41) is 5.06. The molecule has 0 amide bonds. The van der Waals surface area contributed by atoms with E-state index >= 15 is 0 Å². The van der Waals surface area contributed by atoms with Crippen molar-refractivity contribution < 1.29 is 0 Å². The number of hydrogen-bond acceptors (Lipinski definition) is 4. The summed E-state index contributed by atoms with van der Waals surface area (Å²) in [5.41, 5.74) is 4.72. The molecule has 0 radical (unpaired) electrons. The van der Waals surface area contributed by atoms with E-state index in [0.29, 0.717) is 0 Å². The summed E-state index contributed by atoms with van der Waals surface area (Å²) in [5.74, 6) is 6.53. The van der Waals surface area contributed by atoms with Gasteiger partial charge in [0.25, 0.3) is 0 Å². The topological polar surface area (TPSA) is 55.9 Å². The first-order valence-electron chi connectivity index (χ1n) is 6.54. The van der Waals surface area contributed by atoms with Crippen LogP contribution in [0.3, 0.4) is 0 Å². The number of nitrogens with two attached hydrogens (primary N) is 1. The highest BCUT2D eigenvalue weighted by Crippen LogP contribution is 2.28. The van der Waals surface area contributed by atoms with Crippen molar-refractivity contribution in [2.45, 2.75) is 24.3 Å². The van der Waals surface area contributed by atoms with Crippen molar-refractivity contribution in [3.05, 3.63) is 45.1 Å². The highest BCUT2D eigenvalue weighted by molar-refractivity contribution is 9.10. The van der Waals surface area contributed by atoms with Crippen LogP contribution in [0.2, 0.25) is 5.02 Å². The van der Waals surface area contributed by atoms with Crippen LogP contribution in [0, 0.1) is 6.92 Å². The van der Waals surface area contributed by atoms with Crippen molar-refractivity contribution in [3.63, 3.8) is 0 Å². The maximum Gasteiger partial charge on any atom is 0.0847 e. The number of nitrogens with zero attached hydrogens (tertiary/aromatic N) is 2. The van der Waals surface area contributed by atoms with Gasteiger partial charge < -0.3 is 0 Å². The van der Waals surface area contributed by atoms with E-state index in [1.54, 1.807) is 11.8 Å². The minimum atomic E-state index is 0.120. The van der Waals surface area contributed by atoms with Gasteiger partial charge in [0.05, 0.1) is 16.4 Å². The number of rotatable bonds is 6. The van der Waals surface area contributed by atoms with Crippen LogP contribution in [-0.4, -0.2) is 21.6 Å². The van der Waals surface area contributed by atoms with Crippen LogP contribution >= 0.6 is 39.3 Å². The van der Waals surface area contributed by atoms with Crippen LogP contribution in [0.15, 0.2) is 33.6 Å². The van der Waals surface area contributed by atoms with Crippen molar-refractivity contribution in [1.29, 1.82) is 0 Å². The second-order valence-electron chi connectivity index (χ2n) is 4.78. The van der Waals surface area contributed by atoms with Crippen LogP contribution in [0.4, 0.5) is 0 Å². The normalized spacial score (nSPS) is 12.6. The van der Waals surface area contributed by atoms with Gasteiger partial charge in [0.15, 0.2) is 0 Å². The van der Waals surface area contributed by atoms with Gasteiger partial charge in [0.1, 0.15) is 0 Å².